The van der Waals surface area contributed by atoms with Crippen molar-refractivity contribution in [1.29, 1.82) is 0 Å². The van der Waals surface area contributed by atoms with Crippen LogP contribution in [0.3, 0.4) is 0 Å². The van der Waals surface area contributed by atoms with Crippen molar-refractivity contribution in [2.75, 3.05) is 32.7 Å². The van der Waals surface area contributed by atoms with Crippen molar-refractivity contribution >= 4 is 12.0 Å². The normalized spacial score (nSPS) is 19.5. The van der Waals surface area contributed by atoms with Crippen LogP contribution in [0.15, 0.2) is 90.8 Å². The van der Waals surface area contributed by atoms with Crippen LogP contribution in [0, 0.1) is 0 Å². The molecule has 248 valence electrons. The summed E-state index contributed by atoms with van der Waals surface area (Å²) in [6, 6.07) is 21.2. The molecule has 1 atom stereocenters. The van der Waals surface area contributed by atoms with Gasteiger partial charge in [-0.3, -0.25) is 9.69 Å². The largest absolute Gasteiger partial charge is 0.444 e. The molecule has 3 aromatic rings. The second kappa shape index (κ2) is 14.7. The molecule has 47 heavy (non-hydrogen) atoms. The van der Waals surface area contributed by atoms with E-state index in [4.69, 9.17) is 9.72 Å². The Hall–Kier alpha value is -4.17. The SMILES string of the molecule is CC(C)(C)OC(=O)N1CCN(C(=O)Cc2ncn(C3CCN(Cc4ccccc4)CC3)c2-c2ccccc2)[C@H](CC2=CCCC=C2)C1. The van der Waals surface area contributed by atoms with Gasteiger partial charge in [-0.2, -0.15) is 0 Å². The summed E-state index contributed by atoms with van der Waals surface area (Å²) >= 11 is 0. The first-order chi connectivity index (χ1) is 22.7. The Balaban J connectivity index is 1.19. The maximum Gasteiger partial charge on any atom is 0.410 e. The first-order valence-corrected chi connectivity index (χ1v) is 17.2. The van der Waals surface area contributed by atoms with Crippen molar-refractivity contribution in [3.05, 3.63) is 102 Å². The number of imidazole rings is 1. The number of benzene rings is 2. The minimum absolute atomic E-state index is 0.0549. The second-order valence-electron chi connectivity index (χ2n) is 14.1. The lowest BCUT2D eigenvalue weighted by atomic mass is 9.97. The number of allylic oxidation sites excluding steroid dienone is 3. The van der Waals surface area contributed by atoms with E-state index < -0.39 is 5.60 Å². The summed E-state index contributed by atoms with van der Waals surface area (Å²) in [5.74, 6) is 0.0549. The van der Waals surface area contributed by atoms with Crippen LogP contribution >= 0.6 is 0 Å². The maximum atomic E-state index is 14.2. The molecule has 0 bridgehead atoms. The van der Waals surface area contributed by atoms with Crippen molar-refractivity contribution in [3.8, 4) is 11.3 Å². The number of carbonyl (C=O) groups excluding carboxylic acids is 2. The Morgan fingerprint density at radius 1 is 0.915 bits per heavy atom. The van der Waals surface area contributed by atoms with Gasteiger partial charge in [-0.15, -0.1) is 0 Å². The van der Waals surface area contributed by atoms with Gasteiger partial charge in [0.15, 0.2) is 0 Å². The summed E-state index contributed by atoms with van der Waals surface area (Å²) in [4.78, 5) is 38.4. The molecule has 2 saturated heterocycles. The summed E-state index contributed by atoms with van der Waals surface area (Å²) in [5, 5.41) is 0. The molecule has 1 aromatic heterocycles. The molecule has 2 aliphatic heterocycles. The third-order valence-electron chi connectivity index (χ3n) is 9.43. The van der Waals surface area contributed by atoms with Crippen molar-refractivity contribution in [2.45, 2.75) is 83.5 Å². The molecule has 0 radical (unpaired) electrons. The molecule has 0 N–H and O–H groups in total. The van der Waals surface area contributed by atoms with E-state index in [0.717, 1.165) is 62.3 Å². The van der Waals surface area contributed by atoms with Gasteiger partial charge in [0.1, 0.15) is 5.60 Å². The molecule has 8 nitrogen and oxygen atoms in total. The highest BCUT2D eigenvalue weighted by Gasteiger charge is 2.35. The van der Waals surface area contributed by atoms with Crippen molar-refractivity contribution < 1.29 is 14.3 Å². The van der Waals surface area contributed by atoms with Gasteiger partial charge in [0.2, 0.25) is 5.91 Å². The Kier molecular flexibility index (Phi) is 10.3. The van der Waals surface area contributed by atoms with Gasteiger partial charge in [0.05, 0.1) is 30.2 Å². The van der Waals surface area contributed by atoms with Gasteiger partial charge in [-0.05, 0) is 58.4 Å². The Morgan fingerprint density at radius 3 is 2.32 bits per heavy atom. The lowest BCUT2D eigenvalue weighted by Crippen LogP contribution is -2.57. The van der Waals surface area contributed by atoms with Crippen LogP contribution < -0.4 is 0 Å². The van der Waals surface area contributed by atoms with Crippen LogP contribution in [0.2, 0.25) is 0 Å². The average molecular weight is 636 g/mol. The van der Waals surface area contributed by atoms with Crippen LogP contribution in [-0.2, 0) is 22.5 Å². The molecule has 2 fully saturated rings. The minimum atomic E-state index is -0.570. The topological polar surface area (TPSA) is 70.9 Å². The smallest absolute Gasteiger partial charge is 0.410 e. The third-order valence-corrected chi connectivity index (χ3v) is 9.43. The van der Waals surface area contributed by atoms with Gasteiger partial charge in [-0.1, -0.05) is 84.5 Å². The molecule has 2 aromatic carbocycles. The highest BCUT2D eigenvalue weighted by molar-refractivity contribution is 5.81. The van der Waals surface area contributed by atoms with Crippen molar-refractivity contribution in [3.63, 3.8) is 0 Å². The van der Waals surface area contributed by atoms with E-state index in [1.54, 1.807) is 4.90 Å². The van der Waals surface area contributed by atoms with Gasteiger partial charge < -0.3 is 19.1 Å². The number of hydrogen-bond donors (Lipinski definition) is 0. The Bertz CT molecular complexity index is 1560. The van der Waals surface area contributed by atoms with Gasteiger partial charge in [0.25, 0.3) is 0 Å². The lowest BCUT2D eigenvalue weighted by Gasteiger charge is -2.42. The standard InChI is InChI=1S/C39H49N5O3/c1-39(2,3)47-38(46)42-23-24-43(34(28-42)25-30-13-7-4-8-14-30)36(45)26-35-37(32-17-11-6-12-18-32)44(29-40-35)33-19-21-41(22-20-33)27-31-15-9-5-10-16-31/h5-7,9-18,29,33-34H,4,8,19-28H2,1-3H3/t34-/m1/s1. The number of piperidine rings is 1. The molecular weight excluding hydrogens is 586 g/mol. The summed E-state index contributed by atoms with van der Waals surface area (Å²) in [7, 11) is 0. The molecule has 0 spiro atoms. The Labute approximate surface area is 279 Å². The van der Waals surface area contributed by atoms with Crippen LogP contribution in [0.5, 0.6) is 0 Å². The molecule has 3 heterocycles. The van der Waals surface area contributed by atoms with E-state index in [1.165, 1.54) is 11.1 Å². The summed E-state index contributed by atoms with van der Waals surface area (Å²) in [6.07, 6.45) is 13.3. The third kappa shape index (κ3) is 8.41. The highest BCUT2D eigenvalue weighted by atomic mass is 16.6. The molecule has 8 heteroatoms. The molecule has 0 unspecified atom stereocenters. The predicted molar refractivity (Wildman–Crippen MR) is 186 cm³/mol. The highest BCUT2D eigenvalue weighted by Crippen LogP contribution is 2.33. The number of likely N-dealkylation sites (tertiary alicyclic amines) is 1. The first-order valence-electron chi connectivity index (χ1n) is 17.2. The lowest BCUT2D eigenvalue weighted by molar-refractivity contribution is -0.135. The van der Waals surface area contributed by atoms with Crippen LogP contribution in [-0.4, -0.2) is 80.6 Å². The number of piperazine rings is 1. The van der Waals surface area contributed by atoms with E-state index in [9.17, 15) is 9.59 Å². The van der Waals surface area contributed by atoms with Crippen LogP contribution in [0.25, 0.3) is 11.3 Å². The first kappa shape index (κ1) is 32.8. The van der Waals surface area contributed by atoms with Crippen LogP contribution in [0.1, 0.15) is 70.2 Å². The predicted octanol–water partition coefficient (Wildman–Crippen LogP) is 7.04. The van der Waals surface area contributed by atoms with E-state index in [1.807, 2.05) is 38.1 Å². The Morgan fingerprint density at radius 2 is 1.64 bits per heavy atom. The zero-order chi connectivity index (χ0) is 32.8. The van der Waals surface area contributed by atoms with Crippen LogP contribution in [0.4, 0.5) is 4.79 Å². The van der Waals surface area contributed by atoms with E-state index in [-0.39, 0.29) is 24.5 Å². The quantitative estimate of drug-likeness (QED) is 0.266. The molecule has 1 aliphatic carbocycles. The monoisotopic (exact) mass is 635 g/mol. The van der Waals surface area contributed by atoms with Gasteiger partial charge in [-0.25, -0.2) is 9.78 Å². The minimum Gasteiger partial charge on any atom is -0.444 e. The molecule has 2 amide bonds. The van der Waals surface area contributed by atoms with Gasteiger partial charge in [0, 0.05) is 50.9 Å². The molecule has 6 rings (SSSR count). The fourth-order valence-electron chi connectivity index (χ4n) is 7.10. The maximum absolute atomic E-state index is 14.2. The number of carbonyl (C=O) groups is 2. The zero-order valence-electron chi connectivity index (χ0n) is 28.2. The summed E-state index contributed by atoms with van der Waals surface area (Å²) in [5.41, 5.74) is 4.95. The number of rotatable bonds is 8. The van der Waals surface area contributed by atoms with E-state index in [0.29, 0.717) is 32.1 Å². The summed E-state index contributed by atoms with van der Waals surface area (Å²) in [6.45, 7) is 10.0. The number of amides is 2. The second-order valence-corrected chi connectivity index (χ2v) is 14.1. The number of ether oxygens (including phenoxy) is 1. The fourth-order valence-corrected chi connectivity index (χ4v) is 7.10. The van der Waals surface area contributed by atoms with Crippen molar-refractivity contribution in [1.82, 2.24) is 24.3 Å². The van der Waals surface area contributed by atoms with E-state index >= 15 is 0 Å². The molecule has 0 saturated carbocycles. The number of hydrogen-bond acceptors (Lipinski definition) is 5. The zero-order valence-corrected chi connectivity index (χ0v) is 28.2. The molecule has 3 aliphatic rings. The van der Waals surface area contributed by atoms with E-state index in [2.05, 4.69) is 82.3 Å². The van der Waals surface area contributed by atoms with Gasteiger partial charge >= 0.3 is 6.09 Å². The molecular formula is C39H49N5O3. The number of nitrogens with zero attached hydrogens (tertiary/aromatic N) is 5. The fraction of sp³-hybridized carbons (Fsp3) is 0.462. The average Bonchev–Trinajstić information content (AvgIpc) is 3.49. The number of aromatic nitrogens is 2. The summed E-state index contributed by atoms with van der Waals surface area (Å²) < 4.78 is 8.03. The van der Waals surface area contributed by atoms with Crippen molar-refractivity contribution in [2.24, 2.45) is 0 Å².